The van der Waals surface area contributed by atoms with Crippen molar-refractivity contribution in [3.8, 4) is 0 Å². The summed E-state index contributed by atoms with van der Waals surface area (Å²) >= 11 is 0. The molecular formula is C14H20ClN3O2. The zero-order chi connectivity index (χ0) is 13.7. The van der Waals surface area contributed by atoms with Crippen LogP contribution in [0, 0.1) is 5.92 Å². The van der Waals surface area contributed by atoms with Crippen LogP contribution in [0.5, 0.6) is 0 Å². The Kier molecular flexibility index (Phi) is 6.48. The monoisotopic (exact) mass is 297 g/mol. The number of amides is 2. The molecule has 0 radical (unpaired) electrons. The molecule has 110 valence electrons. The second-order valence-electron chi connectivity index (χ2n) is 4.81. The largest absolute Gasteiger partial charge is 0.347 e. The van der Waals surface area contributed by atoms with Gasteiger partial charge in [0.05, 0.1) is 12.5 Å². The molecule has 1 aromatic rings. The van der Waals surface area contributed by atoms with Gasteiger partial charge >= 0.3 is 0 Å². The summed E-state index contributed by atoms with van der Waals surface area (Å²) in [5, 5.41) is 5.71. The molecule has 6 heteroatoms. The first kappa shape index (κ1) is 16.5. The van der Waals surface area contributed by atoms with E-state index in [9.17, 15) is 9.59 Å². The Morgan fingerprint density at radius 3 is 2.50 bits per heavy atom. The molecule has 1 aliphatic rings. The maximum absolute atomic E-state index is 11.9. The summed E-state index contributed by atoms with van der Waals surface area (Å²) in [5.74, 6) is -0.100. The number of carbonyl (C=O) groups excluding carboxylic acids is 2. The fourth-order valence-corrected chi connectivity index (χ4v) is 1.86. The molecule has 0 aliphatic carbocycles. The molecule has 1 fully saturated rings. The molecule has 5 nitrogen and oxygen atoms in total. The molecule has 0 saturated carbocycles. The van der Waals surface area contributed by atoms with Crippen molar-refractivity contribution in [2.45, 2.75) is 6.54 Å². The summed E-state index contributed by atoms with van der Waals surface area (Å²) < 4.78 is 0. The minimum absolute atomic E-state index is 0. The zero-order valence-electron chi connectivity index (χ0n) is 11.5. The number of likely N-dealkylation sites (N-methyl/N-ethyl adjacent to an activating group) is 1. The van der Waals surface area contributed by atoms with Crippen LogP contribution in [0.3, 0.4) is 0 Å². The third-order valence-corrected chi connectivity index (χ3v) is 3.25. The highest BCUT2D eigenvalue weighted by molar-refractivity contribution is 5.86. The lowest BCUT2D eigenvalue weighted by Gasteiger charge is -2.26. The van der Waals surface area contributed by atoms with Crippen molar-refractivity contribution in [2.75, 3.05) is 26.7 Å². The Bertz CT molecular complexity index is 449. The van der Waals surface area contributed by atoms with Gasteiger partial charge in [0.25, 0.3) is 0 Å². The van der Waals surface area contributed by atoms with E-state index in [0.29, 0.717) is 19.6 Å². The maximum Gasteiger partial charge on any atom is 0.242 e. The van der Waals surface area contributed by atoms with Crippen LogP contribution in [-0.4, -0.2) is 43.4 Å². The van der Waals surface area contributed by atoms with E-state index in [4.69, 9.17) is 0 Å². The third kappa shape index (κ3) is 4.51. The second-order valence-corrected chi connectivity index (χ2v) is 4.81. The number of rotatable bonds is 5. The van der Waals surface area contributed by atoms with E-state index in [-0.39, 0.29) is 36.7 Å². The first-order valence-corrected chi connectivity index (χ1v) is 6.43. The van der Waals surface area contributed by atoms with Crippen LogP contribution < -0.4 is 10.6 Å². The predicted molar refractivity (Wildman–Crippen MR) is 79.5 cm³/mol. The number of nitrogens with one attached hydrogen (secondary N) is 2. The number of nitrogens with zero attached hydrogens (tertiary/aromatic N) is 1. The number of halogens is 1. The van der Waals surface area contributed by atoms with Gasteiger partial charge in [-0.2, -0.15) is 0 Å². The van der Waals surface area contributed by atoms with Crippen LogP contribution >= 0.6 is 12.4 Å². The first-order valence-electron chi connectivity index (χ1n) is 6.43. The predicted octanol–water partition coefficient (Wildman–Crippen LogP) is 0.402. The quantitative estimate of drug-likeness (QED) is 0.827. The van der Waals surface area contributed by atoms with Gasteiger partial charge in [-0.15, -0.1) is 12.4 Å². The minimum atomic E-state index is -0.0792. The lowest BCUT2D eigenvalue weighted by atomic mass is 10.0. The van der Waals surface area contributed by atoms with Crippen molar-refractivity contribution >= 4 is 24.2 Å². The van der Waals surface area contributed by atoms with E-state index in [1.54, 1.807) is 11.9 Å². The van der Waals surface area contributed by atoms with E-state index >= 15 is 0 Å². The zero-order valence-corrected chi connectivity index (χ0v) is 12.3. The normalized spacial score (nSPS) is 13.8. The molecule has 0 bridgehead atoms. The maximum atomic E-state index is 11.9. The molecule has 0 spiro atoms. The minimum Gasteiger partial charge on any atom is -0.347 e. The SMILES string of the molecule is CN(Cc1ccccc1)C(=O)CNC(=O)C1CNC1.Cl. The average Bonchev–Trinajstić information content (AvgIpc) is 2.35. The van der Waals surface area contributed by atoms with E-state index < -0.39 is 0 Å². The van der Waals surface area contributed by atoms with Gasteiger partial charge in [-0.05, 0) is 5.56 Å². The van der Waals surface area contributed by atoms with E-state index in [1.807, 2.05) is 30.3 Å². The molecule has 1 saturated heterocycles. The fourth-order valence-electron chi connectivity index (χ4n) is 1.86. The van der Waals surface area contributed by atoms with Gasteiger partial charge in [0, 0.05) is 26.7 Å². The van der Waals surface area contributed by atoms with Gasteiger partial charge in [-0.3, -0.25) is 9.59 Å². The molecular weight excluding hydrogens is 278 g/mol. The number of benzene rings is 1. The van der Waals surface area contributed by atoms with Crippen molar-refractivity contribution in [3.63, 3.8) is 0 Å². The van der Waals surface area contributed by atoms with Crippen LogP contribution in [0.25, 0.3) is 0 Å². The van der Waals surface area contributed by atoms with Gasteiger partial charge < -0.3 is 15.5 Å². The second kappa shape index (κ2) is 7.87. The topological polar surface area (TPSA) is 61.4 Å². The van der Waals surface area contributed by atoms with Gasteiger partial charge in [-0.25, -0.2) is 0 Å². The van der Waals surface area contributed by atoms with Gasteiger partial charge in [0.1, 0.15) is 0 Å². The highest BCUT2D eigenvalue weighted by Crippen LogP contribution is 2.04. The molecule has 1 heterocycles. The number of carbonyl (C=O) groups is 2. The summed E-state index contributed by atoms with van der Waals surface area (Å²) in [6.07, 6.45) is 0. The summed E-state index contributed by atoms with van der Waals surface area (Å²) in [4.78, 5) is 25.1. The van der Waals surface area contributed by atoms with Crippen LogP contribution in [0.2, 0.25) is 0 Å². The number of hydrogen-bond donors (Lipinski definition) is 2. The molecule has 1 aromatic carbocycles. The summed E-state index contributed by atoms with van der Waals surface area (Å²) in [5.41, 5.74) is 1.08. The standard InChI is InChI=1S/C14H19N3O2.ClH/c1-17(10-11-5-3-2-4-6-11)13(18)9-16-14(19)12-7-15-8-12;/h2-6,12,15H,7-10H2,1H3,(H,16,19);1H. The summed E-state index contributed by atoms with van der Waals surface area (Å²) in [6.45, 7) is 2.04. The van der Waals surface area contributed by atoms with E-state index in [1.165, 1.54) is 0 Å². The Labute approximate surface area is 125 Å². The molecule has 2 amide bonds. The van der Waals surface area contributed by atoms with Crippen LogP contribution in [0.4, 0.5) is 0 Å². The molecule has 2 N–H and O–H groups in total. The number of hydrogen-bond acceptors (Lipinski definition) is 3. The van der Waals surface area contributed by atoms with Crippen LogP contribution in [-0.2, 0) is 16.1 Å². The van der Waals surface area contributed by atoms with Crippen molar-refractivity contribution in [1.29, 1.82) is 0 Å². The van der Waals surface area contributed by atoms with Crippen molar-refractivity contribution < 1.29 is 9.59 Å². The van der Waals surface area contributed by atoms with Crippen molar-refractivity contribution in [1.82, 2.24) is 15.5 Å². The summed E-state index contributed by atoms with van der Waals surface area (Å²) in [7, 11) is 1.74. The van der Waals surface area contributed by atoms with E-state index in [0.717, 1.165) is 5.56 Å². The lowest BCUT2D eigenvalue weighted by molar-refractivity contribution is -0.133. The average molecular weight is 298 g/mol. The Hall–Kier alpha value is -1.59. The molecule has 1 aliphatic heterocycles. The highest BCUT2D eigenvalue weighted by Gasteiger charge is 2.25. The Morgan fingerprint density at radius 2 is 1.95 bits per heavy atom. The molecule has 0 aromatic heterocycles. The van der Waals surface area contributed by atoms with E-state index in [2.05, 4.69) is 10.6 Å². The molecule has 0 unspecified atom stereocenters. The van der Waals surface area contributed by atoms with Crippen molar-refractivity contribution in [2.24, 2.45) is 5.92 Å². The smallest absolute Gasteiger partial charge is 0.242 e. The first-order chi connectivity index (χ1) is 9.16. The fraction of sp³-hybridized carbons (Fsp3) is 0.429. The van der Waals surface area contributed by atoms with Crippen LogP contribution in [0.1, 0.15) is 5.56 Å². The van der Waals surface area contributed by atoms with Crippen molar-refractivity contribution in [3.05, 3.63) is 35.9 Å². The third-order valence-electron chi connectivity index (χ3n) is 3.25. The highest BCUT2D eigenvalue weighted by atomic mass is 35.5. The summed E-state index contributed by atoms with van der Waals surface area (Å²) in [6, 6.07) is 9.78. The molecule has 0 atom stereocenters. The lowest BCUT2D eigenvalue weighted by Crippen LogP contribution is -2.52. The van der Waals surface area contributed by atoms with Gasteiger partial charge in [-0.1, -0.05) is 30.3 Å². The Balaban J connectivity index is 0.00000200. The van der Waals surface area contributed by atoms with Gasteiger partial charge in [0.2, 0.25) is 11.8 Å². The van der Waals surface area contributed by atoms with Crippen LogP contribution in [0.15, 0.2) is 30.3 Å². The molecule has 20 heavy (non-hydrogen) atoms. The van der Waals surface area contributed by atoms with Gasteiger partial charge in [0.15, 0.2) is 0 Å². The molecule has 2 rings (SSSR count). The Morgan fingerprint density at radius 1 is 1.30 bits per heavy atom.